The summed E-state index contributed by atoms with van der Waals surface area (Å²) in [4.78, 5) is 30.0. The van der Waals surface area contributed by atoms with Crippen LogP contribution >= 0.6 is 0 Å². The van der Waals surface area contributed by atoms with Gasteiger partial charge in [0.15, 0.2) is 0 Å². The van der Waals surface area contributed by atoms with Gasteiger partial charge in [0.2, 0.25) is 5.91 Å². The number of piperidine rings is 1. The average molecular weight is 618 g/mol. The Labute approximate surface area is 264 Å². The first-order chi connectivity index (χ1) is 21.6. The minimum Gasteiger partial charge on any atom is -0.457 e. The molecule has 0 bridgehead atoms. The van der Waals surface area contributed by atoms with Gasteiger partial charge in [-0.1, -0.05) is 20.8 Å². The summed E-state index contributed by atoms with van der Waals surface area (Å²) >= 11 is 0. The van der Waals surface area contributed by atoms with Crippen LogP contribution in [0.5, 0.6) is 11.5 Å². The number of hydrogen-bond donors (Lipinski definition) is 3. The molecule has 0 radical (unpaired) electrons. The van der Waals surface area contributed by atoms with Gasteiger partial charge in [0.05, 0.1) is 17.9 Å². The minimum absolute atomic E-state index is 0.00709. The van der Waals surface area contributed by atoms with Gasteiger partial charge in [-0.2, -0.15) is 0 Å². The van der Waals surface area contributed by atoms with Gasteiger partial charge >= 0.3 is 0 Å². The van der Waals surface area contributed by atoms with E-state index in [9.17, 15) is 9.59 Å². The fraction of sp³-hybridized carbons (Fsp3) is 0.486. The van der Waals surface area contributed by atoms with Crippen LogP contribution in [-0.2, 0) is 16.1 Å². The summed E-state index contributed by atoms with van der Waals surface area (Å²) in [5, 5.41) is 19.3. The fourth-order valence-corrected chi connectivity index (χ4v) is 6.09. The van der Waals surface area contributed by atoms with E-state index in [4.69, 9.17) is 20.3 Å². The molecule has 3 aliphatic heterocycles. The van der Waals surface area contributed by atoms with Crippen molar-refractivity contribution in [1.29, 1.82) is 10.8 Å². The summed E-state index contributed by atoms with van der Waals surface area (Å²) in [6.45, 7) is 9.89. The highest BCUT2D eigenvalue weighted by Gasteiger charge is 2.30. The van der Waals surface area contributed by atoms with Gasteiger partial charge in [-0.3, -0.25) is 14.5 Å². The van der Waals surface area contributed by atoms with Crippen LogP contribution in [0.4, 0.5) is 4.39 Å². The van der Waals surface area contributed by atoms with Crippen molar-refractivity contribution in [2.45, 2.75) is 65.1 Å². The van der Waals surface area contributed by atoms with Gasteiger partial charge in [-0.25, -0.2) is 4.39 Å². The van der Waals surface area contributed by atoms with Crippen molar-refractivity contribution in [2.24, 2.45) is 11.8 Å². The lowest BCUT2D eigenvalue weighted by Gasteiger charge is -2.35. The first kappa shape index (κ1) is 32.5. The zero-order chi connectivity index (χ0) is 32.1. The van der Waals surface area contributed by atoms with Gasteiger partial charge < -0.3 is 30.5 Å². The Bertz CT molecular complexity index is 1440. The summed E-state index contributed by atoms with van der Waals surface area (Å²) in [5.74, 6) is -0.0890. The Morgan fingerprint density at radius 2 is 1.87 bits per heavy atom. The van der Waals surface area contributed by atoms with Crippen molar-refractivity contribution in [3.05, 3.63) is 71.1 Å². The molecule has 5 rings (SSSR count). The fourth-order valence-electron chi connectivity index (χ4n) is 6.09. The highest BCUT2D eigenvalue weighted by atomic mass is 19.1. The van der Waals surface area contributed by atoms with E-state index in [1.165, 1.54) is 12.1 Å². The van der Waals surface area contributed by atoms with E-state index in [0.717, 1.165) is 45.6 Å². The maximum atomic E-state index is 15.5. The molecule has 0 aromatic heterocycles. The third kappa shape index (κ3) is 8.23. The predicted octanol–water partition coefficient (Wildman–Crippen LogP) is 5.57. The van der Waals surface area contributed by atoms with Crippen molar-refractivity contribution < 1.29 is 23.5 Å². The van der Waals surface area contributed by atoms with E-state index in [2.05, 4.69) is 10.2 Å². The number of nitrogens with zero attached hydrogens (tertiary/aromatic N) is 2. The highest BCUT2D eigenvalue weighted by molar-refractivity contribution is 6.10. The summed E-state index contributed by atoms with van der Waals surface area (Å²) in [6.07, 6.45) is 6.28. The lowest BCUT2D eigenvalue weighted by molar-refractivity contribution is -0.128. The Kier molecular flexibility index (Phi) is 10.5. The number of carbonyl (C=O) groups is 2. The van der Waals surface area contributed by atoms with Crippen LogP contribution in [0, 0.1) is 28.5 Å². The minimum atomic E-state index is -0.655. The number of benzene rings is 2. The van der Waals surface area contributed by atoms with E-state index < -0.39 is 11.7 Å². The first-order valence-corrected chi connectivity index (χ1v) is 15.9. The second kappa shape index (κ2) is 14.5. The van der Waals surface area contributed by atoms with Crippen molar-refractivity contribution in [3.63, 3.8) is 0 Å². The number of likely N-dealkylation sites (tertiary alicyclic amines) is 2. The van der Waals surface area contributed by atoms with Crippen LogP contribution in [0.25, 0.3) is 0 Å². The number of hydrogen-bond acceptors (Lipinski definition) is 7. The number of halogens is 1. The third-order valence-electron chi connectivity index (χ3n) is 8.90. The first-order valence-electron chi connectivity index (χ1n) is 15.9. The zero-order valence-corrected chi connectivity index (χ0v) is 26.4. The predicted molar refractivity (Wildman–Crippen MR) is 172 cm³/mol. The van der Waals surface area contributed by atoms with Crippen molar-refractivity contribution in [1.82, 2.24) is 15.1 Å². The molecule has 2 amide bonds. The molecule has 3 heterocycles. The second-order valence-corrected chi connectivity index (χ2v) is 12.8. The maximum absolute atomic E-state index is 15.5. The summed E-state index contributed by atoms with van der Waals surface area (Å²) in [7, 11) is 0. The molecule has 3 aliphatic rings. The topological polar surface area (TPSA) is 119 Å². The molecular weight excluding hydrogens is 573 g/mol. The van der Waals surface area contributed by atoms with E-state index in [0.29, 0.717) is 47.3 Å². The molecule has 9 nitrogen and oxygen atoms in total. The lowest BCUT2D eigenvalue weighted by atomic mass is 10.0. The average Bonchev–Trinajstić information content (AvgIpc) is 3.67. The molecule has 3 saturated heterocycles. The van der Waals surface area contributed by atoms with Gasteiger partial charge in [0, 0.05) is 62.6 Å². The highest BCUT2D eigenvalue weighted by Crippen LogP contribution is 2.32. The normalized spacial score (nSPS) is 21.2. The van der Waals surface area contributed by atoms with Gasteiger partial charge in [0.25, 0.3) is 5.91 Å². The molecule has 2 aromatic carbocycles. The number of ether oxygens (including phenoxy) is 2. The summed E-state index contributed by atoms with van der Waals surface area (Å²) in [6, 6.07) is 10.0. The lowest BCUT2D eigenvalue weighted by Crippen LogP contribution is -2.48. The Morgan fingerprint density at radius 1 is 1.13 bits per heavy atom. The SMILES string of the molecule is CC(C)C(=N)/C=C\C(=N)c1ccc(Oc2cc(C(=O)NC3CCN(C4CCOC4)CC3)c(F)cc2CN2C[C@@H](C)CC2=O)cc1. The number of carbonyl (C=O) groups excluding carboxylic acids is 2. The van der Waals surface area contributed by atoms with E-state index >= 15 is 4.39 Å². The Morgan fingerprint density at radius 3 is 2.49 bits per heavy atom. The molecule has 3 N–H and O–H groups in total. The molecule has 2 aromatic rings. The molecule has 10 heteroatoms. The smallest absolute Gasteiger partial charge is 0.254 e. The van der Waals surface area contributed by atoms with Crippen LogP contribution < -0.4 is 10.1 Å². The molecule has 2 atom stereocenters. The Hall–Kier alpha value is -3.89. The standard InChI is InChI=1S/C35H44FN5O4/c1-22(2)31(37)8-9-32(38)24-4-6-28(7-5-24)45-33-18-29(30(36)17-25(33)20-41-19-23(3)16-34(41)42)35(43)39-26-10-13-40(14-11-26)27-12-15-44-21-27/h4-9,17-18,22-23,26-27,37-38H,10-16,19-21H2,1-3H3,(H,39,43)/b9-8-,37-31?,38-32?/t23-,27?/m0/s1. The number of amides is 2. The van der Waals surface area contributed by atoms with Crippen LogP contribution in [0.1, 0.15) is 67.9 Å². The molecule has 1 unspecified atom stereocenters. The third-order valence-corrected chi connectivity index (χ3v) is 8.90. The Balaban J connectivity index is 1.32. The van der Waals surface area contributed by atoms with Crippen LogP contribution in [0.2, 0.25) is 0 Å². The summed E-state index contributed by atoms with van der Waals surface area (Å²) < 4.78 is 27.3. The van der Waals surface area contributed by atoms with E-state index in [-0.39, 0.29) is 41.6 Å². The van der Waals surface area contributed by atoms with Gasteiger partial charge in [-0.05, 0) is 85.2 Å². The monoisotopic (exact) mass is 617 g/mol. The number of rotatable bonds is 11. The van der Waals surface area contributed by atoms with Crippen LogP contribution in [0.15, 0.2) is 48.6 Å². The van der Waals surface area contributed by atoms with E-state index in [1.807, 2.05) is 20.8 Å². The second-order valence-electron chi connectivity index (χ2n) is 12.8. The molecule has 0 aliphatic carbocycles. The molecule has 0 spiro atoms. The largest absolute Gasteiger partial charge is 0.457 e. The number of nitrogens with one attached hydrogen (secondary N) is 3. The van der Waals surface area contributed by atoms with Crippen LogP contribution in [-0.4, -0.2) is 78.0 Å². The van der Waals surface area contributed by atoms with Crippen molar-refractivity contribution >= 4 is 23.2 Å². The molecule has 45 heavy (non-hydrogen) atoms. The number of allylic oxidation sites excluding steroid dienone is 2. The molecule has 0 saturated carbocycles. The van der Waals surface area contributed by atoms with Crippen molar-refractivity contribution in [2.75, 3.05) is 32.8 Å². The van der Waals surface area contributed by atoms with Gasteiger partial charge in [-0.15, -0.1) is 0 Å². The molecular formula is C35H44FN5O4. The maximum Gasteiger partial charge on any atom is 0.254 e. The zero-order valence-electron chi connectivity index (χ0n) is 26.4. The van der Waals surface area contributed by atoms with E-state index in [1.54, 1.807) is 41.3 Å². The molecule has 240 valence electrons. The summed E-state index contributed by atoms with van der Waals surface area (Å²) in [5.41, 5.74) is 1.73. The quantitative estimate of drug-likeness (QED) is 0.285. The van der Waals surface area contributed by atoms with Crippen LogP contribution in [0.3, 0.4) is 0 Å². The van der Waals surface area contributed by atoms with Gasteiger partial charge in [0.1, 0.15) is 17.3 Å². The molecule has 3 fully saturated rings. The van der Waals surface area contributed by atoms with Crippen molar-refractivity contribution in [3.8, 4) is 11.5 Å².